The van der Waals surface area contributed by atoms with Crippen LogP contribution < -0.4 is 5.32 Å². The van der Waals surface area contributed by atoms with Crippen molar-refractivity contribution in [2.24, 2.45) is 0 Å². The summed E-state index contributed by atoms with van der Waals surface area (Å²) >= 11 is 4.81. The number of aromatic nitrogens is 1. The van der Waals surface area contributed by atoms with Gasteiger partial charge in [-0.25, -0.2) is 9.37 Å². The zero-order valence-corrected chi connectivity index (χ0v) is 12.4. The maximum Gasteiger partial charge on any atom is 0.137 e. The van der Waals surface area contributed by atoms with Crippen molar-refractivity contribution in [3.63, 3.8) is 0 Å². The van der Waals surface area contributed by atoms with Crippen LogP contribution in [-0.2, 0) is 6.42 Å². The molecule has 2 aromatic rings. The SMILES string of the molecule is CC(NCCc1cscn1)c1ccc(F)c(Br)c1. The third kappa shape index (κ3) is 3.60. The molecule has 18 heavy (non-hydrogen) atoms. The Labute approximate surface area is 118 Å². The molecule has 0 fully saturated rings. The number of hydrogen-bond donors (Lipinski definition) is 1. The van der Waals surface area contributed by atoms with E-state index in [1.807, 2.05) is 11.6 Å². The molecule has 0 amide bonds. The average Bonchev–Trinajstić information content (AvgIpc) is 2.85. The van der Waals surface area contributed by atoms with Crippen LogP contribution >= 0.6 is 27.3 Å². The van der Waals surface area contributed by atoms with Crippen molar-refractivity contribution in [1.29, 1.82) is 0 Å². The first kappa shape index (κ1) is 13.6. The number of hydrogen-bond acceptors (Lipinski definition) is 3. The van der Waals surface area contributed by atoms with Crippen LogP contribution in [0.15, 0.2) is 33.6 Å². The van der Waals surface area contributed by atoms with Gasteiger partial charge in [-0.05, 0) is 40.5 Å². The monoisotopic (exact) mass is 328 g/mol. The van der Waals surface area contributed by atoms with Gasteiger partial charge < -0.3 is 5.32 Å². The fourth-order valence-corrected chi connectivity index (χ4v) is 2.67. The van der Waals surface area contributed by atoms with Gasteiger partial charge in [0.15, 0.2) is 0 Å². The molecule has 2 rings (SSSR count). The highest BCUT2D eigenvalue weighted by molar-refractivity contribution is 9.10. The Morgan fingerprint density at radius 2 is 2.33 bits per heavy atom. The largest absolute Gasteiger partial charge is 0.310 e. The average molecular weight is 329 g/mol. The van der Waals surface area contributed by atoms with E-state index in [2.05, 4.69) is 38.5 Å². The molecule has 1 heterocycles. The van der Waals surface area contributed by atoms with Gasteiger partial charge in [-0.15, -0.1) is 11.3 Å². The van der Waals surface area contributed by atoms with Crippen molar-refractivity contribution < 1.29 is 4.39 Å². The van der Waals surface area contributed by atoms with Crippen LogP contribution in [0.1, 0.15) is 24.2 Å². The van der Waals surface area contributed by atoms with E-state index in [0.717, 1.165) is 24.2 Å². The molecule has 1 N–H and O–H groups in total. The summed E-state index contributed by atoms with van der Waals surface area (Å²) in [7, 11) is 0. The van der Waals surface area contributed by atoms with Crippen molar-refractivity contribution in [2.45, 2.75) is 19.4 Å². The van der Waals surface area contributed by atoms with Crippen molar-refractivity contribution in [3.05, 3.63) is 50.6 Å². The minimum absolute atomic E-state index is 0.195. The van der Waals surface area contributed by atoms with Gasteiger partial charge in [0.1, 0.15) is 5.82 Å². The van der Waals surface area contributed by atoms with Gasteiger partial charge in [-0.3, -0.25) is 0 Å². The lowest BCUT2D eigenvalue weighted by molar-refractivity contribution is 0.570. The van der Waals surface area contributed by atoms with E-state index in [1.54, 1.807) is 17.4 Å². The highest BCUT2D eigenvalue weighted by Gasteiger charge is 2.07. The summed E-state index contributed by atoms with van der Waals surface area (Å²) in [5, 5.41) is 5.46. The van der Waals surface area contributed by atoms with Crippen LogP contribution in [0, 0.1) is 5.82 Å². The Hall–Kier alpha value is -0.780. The van der Waals surface area contributed by atoms with Crippen molar-refractivity contribution in [2.75, 3.05) is 6.54 Å². The minimum atomic E-state index is -0.228. The van der Waals surface area contributed by atoms with E-state index in [4.69, 9.17) is 0 Å². The summed E-state index contributed by atoms with van der Waals surface area (Å²) < 4.78 is 13.6. The van der Waals surface area contributed by atoms with Crippen LogP contribution in [-0.4, -0.2) is 11.5 Å². The molecule has 0 saturated heterocycles. The van der Waals surface area contributed by atoms with Gasteiger partial charge in [0.05, 0.1) is 15.7 Å². The van der Waals surface area contributed by atoms with Crippen LogP contribution in [0.2, 0.25) is 0 Å². The summed E-state index contributed by atoms with van der Waals surface area (Å²) in [6.45, 7) is 2.93. The molecule has 0 aliphatic rings. The first-order valence-electron chi connectivity index (χ1n) is 5.72. The van der Waals surface area contributed by atoms with Gasteiger partial charge in [-0.2, -0.15) is 0 Å². The Morgan fingerprint density at radius 3 is 3.00 bits per heavy atom. The number of thiazole rings is 1. The third-order valence-electron chi connectivity index (χ3n) is 2.76. The maximum absolute atomic E-state index is 13.1. The molecule has 1 aromatic heterocycles. The minimum Gasteiger partial charge on any atom is -0.310 e. The zero-order chi connectivity index (χ0) is 13.0. The van der Waals surface area contributed by atoms with E-state index in [9.17, 15) is 4.39 Å². The van der Waals surface area contributed by atoms with Gasteiger partial charge >= 0.3 is 0 Å². The molecule has 2 nitrogen and oxygen atoms in total. The summed E-state index contributed by atoms with van der Waals surface area (Å²) in [4.78, 5) is 4.23. The number of rotatable bonds is 5. The molecule has 0 spiro atoms. The number of halogens is 2. The fraction of sp³-hybridized carbons (Fsp3) is 0.308. The molecule has 1 aromatic carbocycles. The first-order valence-corrected chi connectivity index (χ1v) is 7.46. The molecule has 0 radical (unpaired) electrons. The molecule has 1 unspecified atom stereocenters. The fourth-order valence-electron chi connectivity index (χ4n) is 1.68. The number of nitrogens with one attached hydrogen (secondary N) is 1. The smallest absolute Gasteiger partial charge is 0.137 e. The zero-order valence-electron chi connectivity index (χ0n) is 9.99. The van der Waals surface area contributed by atoms with Crippen LogP contribution in [0.5, 0.6) is 0 Å². The van der Waals surface area contributed by atoms with Gasteiger partial charge in [0.25, 0.3) is 0 Å². The van der Waals surface area contributed by atoms with E-state index >= 15 is 0 Å². The van der Waals surface area contributed by atoms with Gasteiger partial charge in [0.2, 0.25) is 0 Å². The highest BCUT2D eigenvalue weighted by atomic mass is 79.9. The van der Waals surface area contributed by atoms with Crippen molar-refractivity contribution in [1.82, 2.24) is 10.3 Å². The molecule has 0 saturated carbocycles. The van der Waals surface area contributed by atoms with E-state index in [0.29, 0.717) is 4.47 Å². The molecule has 1 atom stereocenters. The molecular weight excluding hydrogens is 315 g/mol. The Kier molecular flexibility index (Phi) is 4.86. The van der Waals surface area contributed by atoms with Gasteiger partial charge in [0, 0.05) is 24.4 Å². The summed E-state index contributed by atoms with van der Waals surface area (Å²) in [5.41, 5.74) is 4.03. The van der Waals surface area contributed by atoms with Crippen molar-refractivity contribution in [3.8, 4) is 0 Å². The van der Waals surface area contributed by atoms with Crippen molar-refractivity contribution >= 4 is 27.3 Å². The lowest BCUT2D eigenvalue weighted by Gasteiger charge is -2.14. The van der Waals surface area contributed by atoms with Crippen LogP contribution in [0.4, 0.5) is 4.39 Å². The molecule has 0 aliphatic heterocycles. The molecular formula is C13H14BrFN2S. The van der Waals surface area contributed by atoms with Crippen LogP contribution in [0.3, 0.4) is 0 Å². The lowest BCUT2D eigenvalue weighted by Crippen LogP contribution is -2.21. The summed E-state index contributed by atoms with van der Waals surface area (Å²) in [6, 6.07) is 5.30. The lowest BCUT2D eigenvalue weighted by atomic mass is 10.1. The third-order valence-corrected chi connectivity index (χ3v) is 4.00. The first-order chi connectivity index (χ1) is 8.66. The Morgan fingerprint density at radius 1 is 1.50 bits per heavy atom. The summed E-state index contributed by atoms with van der Waals surface area (Å²) in [5.74, 6) is -0.228. The van der Waals surface area contributed by atoms with E-state index in [1.165, 1.54) is 6.07 Å². The van der Waals surface area contributed by atoms with E-state index in [-0.39, 0.29) is 11.9 Å². The highest BCUT2D eigenvalue weighted by Crippen LogP contribution is 2.21. The van der Waals surface area contributed by atoms with Gasteiger partial charge in [-0.1, -0.05) is 6.07 Å². The molecule has 5 heteroatoms. The van der Waals surface area contributed by atoms with Crippen LogP contribution in [0.25, 0.3) is 0 Å². The molecule has 96 valence electrons. The Balaban J connectivity index is 1.87. The second kappa shape index (κ2) is 6.41. The van der Waals surface area contributed by atoms with E-state index < -0.39 is 0 Å². The predicted molar refractivity (Wildman–Crippen MR) is 76.3 cm³/mol. The normalized spacial score (nSPS) is 12.6. The number of nitrogens with zero attached hydrogens (tertiary/aromatic N) is 1. The topological polar surface area (TPSA) is 24.9 Å². The summed E-state index contributed by atoms with van der Waals surface area (Å²) in [6.07, 6.45) is 0.913. The maximum atomic E-state index is 13.1. The number of benzene rings is 1. The Bertz CT molecular complexity index is 502. The second-order valence-electron chi connectivity index (χ2n) is 4.08. The quantitative estimate of drug-likeness (QED) is 0.899. The standard InChI is InChI=1S/C13H14BrFN2S/c1-9(10-2-3-13(15)12(14)6-10)16-5-4-11-7-18-8-17-11/h2-3,6-9,16H,4-5H2,1H3. The second-order valence-corrected chi connectivity index (χ2v) is 5.65. The predicted octanol–water partition coefficient (Wildman–Crippen LogP) is 3.94. The molecule has 0 bridgehead atoms. The molecule has 0 aliphatic carbocycles.